The summed E-state index contributed by atoms with van der Waals surface area (Å²) in [5.41, 5.74) is 1.17. The molecule has 2 heterocycles. The molecule has 4 rings (SSSR count). The molecule has 0 aliphatic carbocycles. The van der Waals surface area contributed by atoms with Crippen LogP contribution in [-0.4, -0.2) is 35.8 Å². The number of imide groups is 1. The van der Waals surface area contributed by atoms with Gasteiger partial charge in [0.15, 0.2) is 0 Å². The molecule has 0 bridgehead atoms. The molecule has 2 aliphatic rings. The maximum atomic E-state index is 13.5. The SMILES string of the molecule is CCCCC1(c2ccc(F)cc2)NC(=O)N(CC(=O)N2CCCc3ccccc32)C1=O. The van der Waals surface area contributed by atoms with Gasteiger partial charge in [0.2, 0.25) is 5.91 Å². The number of rotatable bonds is 6. The van der Waals surface area contributed by atoms with Gasteiger partial charge in [-0.3, -0.25) is 14.5 Å². The van der Waals surface area contributed by atoms with Crippen molar-refractivity contribution in [1.29, 1.82) is 0 Å². The van der Waals surface area contributed by atoms with Crippen LogP contribution < -0.4 is 10.2 Å². The Morgan fingerprint density at radius 3 is 2.61 bits per heavy atom. The van der Waals surface area contributed by atoms with E-state index in [-0.39, 0.29) is 12.5 Å². The highest BCUT2D eigenvalue weighted by Crippen LogP contribution is 2.35. The maximum absolute atomic E-state index is 13.5. The number of fused-ring (bicyclic) bond motifs is 1. The van der Waals surface area contributed by atoms with Crippen LogP contribution in [0.4, 0.5) is 14.9 Å². The first-order chi connectivity index (χ1) is 15.0. The monoisotopic (exact) mass is 423 g/mol. The Balaban J connectivity index is 1.60. The summed E-state index contributed by atoms with van der Waals surface area (Å²) >= 11 is 0. The quantitative estimate of drug-likeness (QED) is 0.720. The van der Waals surface area contributed by atoms with Crippen molar-refractivity contribution in [3.05, 3.63) is 65.5 Å². The molecule has 2 aromatic carbocycles. The molecular weight excluding hydrogens is 397 g/mol. The second kappa shape index (κ2) is 8.49. The van der Waals surface area contributed by atoms with Gasteiger partial charge in [-0.1, -0.05) is 50.1 Å². The number of benzene rings is 2. The third-order valence-electron chi connectivity index (χ3n) is 6.12. The minimum Gasteiger partial charge on any atom is -0.319 e. The number of carbonyl (C=O) groups excluding carboxylic acids is 3. The lowest BCUT2D eigenvalue weighted by Crippen LogP contribution is -2.46. The standard InChI is InChI=1S/C24H26FN3O3/c1-2-3-14-24(18-10-12-19(25)13-11-18)22(30)28(23(31)26-24)16-21(29)27-15-6-8-17-7-4-5-9-20(17)27/h4-5,7,9-13H,2-3,6,8,14-16H2,1H3,(H,26,31). The van der Waals surface area contributed by atoms with Gasteiger partial charge >= 0.3 is 6.03 Å². The summed E-state index contributed by atoms with van der Waals surface area (Å²) in [6, 6.07) is 12.7. The van der Waals surface area contributed by atoms with Crippen molar-refractivity contribution in [3.8, 4) is 0 Å². The number of halogens is 1. The number of unbranched alkanes of at least 4 members (excludes halogenated alkanes) is 1. The summed E-state index contributed by atoms with van der Waals surface area (Å²) in [7, 11) is 0. The zero-order chi connectivity index (χ0) is 22.0. The largest absolute Gasteiger partial charge is 0.325 e. The summed E-state index contributed by atoms with van der Waals surface area (Å²) in [4.78, 5) is 42.1. The molecule has 2 aromatic rings. The van der Waals surface area contributed by atoms with Crippen molar-refractivity contribution in [2.75, 3.05) is 18.0 Å². The molecule has 1 unspecified atom stereocenters. The molecule has 0 aromatic heterocycles. The first kappa shape index (κ1) is 21.0. The molecule has 2 aliphatic heterocycles. The predicted octanol–water partition coefficient (Wildman–Crippen LogP) is 3.74. The van der Waals surface area contributed by atoms with Crippen molar-refractivity contribution in [3.63, 3.8) is 0 Å². The fourth-order valence-corrected chi connectivity index (χ4v) is 4.47. The van der Waals surface area contributed by atoms with Crippen LogP contribution >= 0.6 is 0 Å². The van der Waals surface area contributed by atoms with E-state index < -0.39 is 23.3 Å². The van der Waals surface area contributed by atoms with E-state index in [0.29, 0.717) is 24.9 Å². The van der Waals surface area contributed by atoms with Crippen LogP contribution in [0.25, 0.3) is 0 Å². The molecule has 1 atom stereocenters. The average molecular weight is 423 g/mol. The summed E-state index contributed by atoms with van der Waals surface area (Å²) in [6.45, 7) is 2.22. The van der Waals surface area contributed by atoms with Gasteiger partial charge < -0.3 is 10.2 Å². The Morgan fingerprint density at radius 1 is 1.13 bits per heavy atom. The van der Waals surface area contributed by atoms with Crippen molar-refractivity contribution in [2.24, 2.45) is 0 Å². The van der Waals surface area contributed by atoms with E-state index in [1.807, 2.05) is 31.2 Å². The van der Waals surface area contributed by atoms with Crippen molar-refractivity contribution >= 4 is 23.5 Å². The number of urea groups is 1. The minimum absolute atomic E-state index is 0.291. The van der Waals surface area contributed by atoms with E-state index >= 15 is 0 Å². The predicted molar refractivity (Wildman–Crippen MR) is 115 cm³/mol. The number of amides is 4. The van der Waals surface area contributed by atoms with E-state index in [1.165, 1.54) is 24.3 Å². The smallest absolute Gasteiger partial charge is 0.319 e. The zero-order valence-corrected chi connectivity index (χ0v) is 17.6. The van der Waals surface area contributed by atoms with Crippen molar-refractivity contribution in [1.82, 2.24) is 10.2 Å². The van der Waals surface area contributed by atoms with E-state index in [4.69, 9.17) is 0 Å². The number of aryl methyl sites for hydroxylation is 1. The number of para-hydroxylation sites is 1. The molecular formula is C24H26FN3O3. The van der Waals surface area contributed by atoms with E-state index in [2.05, 4.69) is 5.32 Å². The molecule has 0 spiro atoms. The fourth-order valence-electron chi connectivity index (χ4n) is 4.47. The lowest BCUT2D eigenvalue weighted by Gasteiger charge is -2.31. The molecule has 162 valence electrons. The molecule has 1 saturated heterocycles. The molecule has 1 fully saturated rings. The van der Waals surface area contributed by atoms with Gasteiger partial charge in [-0.05, 0) is 48.6 Å². The highest BCUT2D eigenvalue weighted by Gasteiger charge is 2.52. The lowest BCUT2D eigenvalue weighted by molar-refractivity contribution is -0.135. The molecule has 0 radical (unpaired) electrons. The Labute approximate surface area is 181 Å². The zero-order valence-electron chi connectivity index (χ0n) is 17.6. The second-order valence-electron chi connectivity index (χ2n) is 8.11. The van der Waals surface area contributed by atoms with Crippen molar-refractivity contribution < 1.29 is 18.8 Å². The molecule has 31 heavy (non-hydrogen) atoms. The number of hydrogen-bond acceptors (Lipinski definition) is 3. The average Bonchev–Trinajstić information content (AvgIpc) is 3.02. The lowest BCUT2D eigenvalue weighted by atomic mass is 9.85. The number of anilines is 1. The molecule has 4 amide bonds. The molecule has 6 nitrogen and oxygen atoms in total. The fraction of sp³-hybridized carbons (Fsp3) is 0.375. The molecule has 7 heteroatoms. The van der Waals surface area contributed by atoms with E-state index in [0.717, 1.165) is 35.4 Å². The van der Waals surface area contributed by atoms with E-state index in [1.54, 1.807) is 4.90 Å². The van der Waals surface area contributed by atoms with Crippen LogP contribution in [0.1, 0.15) is 43.7 Å². The van der Waals surface area contributed by atoms with Gasteiger partial charge in [0.1, 0.15) is 17.9 Å². The van der Waals surface area contributed by atoms with Crippen LogP contribution in [-0.2, 0) is 21.5 Å². The second-order valence-corrected chi connectivity index (χ2v) is 8.11. The molecule has 0 saturated carbocycles. The Bertz CT molecular complexity index is 1010. The van der Waals surface area contributed by atoms with Gasteiger partial charge in [0.05, 0.1) is 0 Å². The van der Waals surface area contributed by atoms with Crippen LogP contribution in [0, 0.1) is 5.82 Å². The number of nitrogens with zero attached hydrogens (tertiary/aromatic N) is 2. The number of carbonyl (C=O) groups is 3. The Morgan fingerprint density at radius 2 is 1.87 bits per heavy atom. The van der Waals surface area contributed by atoms with Gasteiger partial charge in [-0.15, -0.1) is 0 Å². The third-order valence-corrected chi connectivity index (χ3v) is 6.12. The minimum atomic E-state index is -1.28. The topological polar surface area (TPSA) is 69.7 Å². The summed E-state index contributed by atoms with van der Waals surface area (Å²) in [5, 5.41) is 2.81. The summed E-state index contributed by atoms with van der Waals surface area (Å²) in [6.07, 6.45) is 3.64. The van der Waals surface area contributed by atoms with Gasteiger partial charge in [0, 0.05) is 12.2 Å². The summed E-state index contributed by atoms with van der Waals surface area (Å²) in [5.74, 6) is -1.17. The third kappa shape index (κ3) is 3.80. The number of hydrogen-bond donors (Lipinski definition) is 1. The van der Waals surface area contributed by atoms with Gasteiger partial charge in [-0.2, -0.15) is 0 Å². The highest BCUT2D eigenvalue weighted by molar-refractivity contribution is 6.10. The van der Waals surface area contributed by atoms with Gasteiger partial charge in [0.25, 0.3) is 5.91 Å². The first-order valence-corrected chi connectivity index (χ1v) is 10.7. The van der Waals surface area contributed by atoms with Crippen LogP contribution in [0.5, 0.6) is 0 Å². The highest BCUT2D eigenvalue weighted by atomic mass is 19.1. The Kier molecular flexibility index (Phi) is 5.76. The Hall–Kier alpha value is -3.22. The van der Waals surface area contributed by atoms with Crippen LogP contribution in [0.3, 0.4) is 0 Å². The van der Waals surface area contributed by atoms with Crippen LogP contribution in [0.2, 0.25) is 0 Å². The van der Waals surface area contributed by atoms with Crippen LogP contribution in [0.15, 0.2) is 48.5 Å². The van der Waals surface area contributed by atoms with Crippen molar-refractivity contribution in [2.45, 2.75) is 44.6 Å². The van der Waals surface area contributed by atoms with Gasteiger partial charge in [-0.25, -0.2) is 9.18 Å². The normalized spacial score (nSPS) is 20.6. The van der Waals surface area contributed by atoms with E-state index in [9.17, 15) is 18.8 Å². The molecule has 1 N–H and O–H groups in total. The maximum Gasteiger partial charge on any atom is 0.325 e. The summed E-state index contributed by atoms with van der Waals surface area (Å²) < 4.78 is 13.5. The first-order valence-electron chi connectivity index (χ1n) is 10.7. The number of nitrogens with one attached hydrogen (secondary N) is 1.